The number of allylic oxidation sites excluding steroid dienone is 2. The van der Waals surface area contributed by atoms with Gasteiger partial charge in [-0.05, 0) is 24.7 Å². The van der Waals surface area contributed by atoms with Gasteiger partial charge in [0.05, 0.1) is 18.1 Å². The van der Waals surface area contributed by atoms with Crippen molar-refractivity contribution >= 4 is 51.8 Å². The van der Waals surface area contributed by atoms with Gasteiger partial charge in [0, 0.05) is 39.8 Å². The molecule has 0 aromatic heterocycles. The van der Waals surface area contributed by atoms with E-state index in [2.05, 4.69) is 27.8 Å². The van der Waals surface area contributed by atoms with Gasteiger partial charge in [0.25, 0.3) is 0 Å². The SMILES string of the molecule is CCN(CCCNC(=NC)NCCN1C(=O)C2C3C=CC(C3)C2C1=O)S(C)(=O)=O.I. The highest BCUT2D eigenvalue weighted by Crippen LogP contribution is 2.52. The fraction of sp³-hybridized carbons (Fsp3) is 0.737. The molecule has 9 nitrogen and oxygen atoms in total. The van der Waals surface area contributed by atoms with Crippen LogP contribution in [-0.4, -0.2) is 81.4 Å². The number of carbonyl (C=O) groups is 2. The highest BCUT2D eigenvalue weighted by Gasteiger charge is 2.58. The summed E-state index contributed by atoms with van der Waals surface area (Å²) in [4.78, 5) is 30.8. The van der Waals surface area contributed by atoms with Gasteiger partial charge < -0.3 is 10.6 Å². The van der Waals surface area contributed by atoms with Crippen LogP contribution in [0.3, 0.4) is 0 Å². The number of hydrogen-bond donors (Lipinski definition) is 2. The summed E-state index contributed by atoms with van der Waals surface area (Å²) in [7, 11) is -1.54. The first kappa shape index (κ1) is 25.1. The van der Waals surface area contributed by atoms with Gasteiger partial charge in [0.1, 0.15) is 0 Å². The van der Waals surface area contributed by atoms with Crippen molar-refractivity contribution in [1.82, 2.24) is 19.8 Å². The maximum atomic E-state index is 12.7. The maximum Gasteiger partial charge on any atom is 0.233 e. The lowest BCUT2D eigenvalue weighted by Gasteiger charge is -2.19. The zero-order valence-electron chi connectivity index (χ0n) is 17.7. The smallest absolute Gasteiger partial charge is 0.233 e. The van der Waals surface area contributed by atoms with Crippen molar-refractivity contribution in [2.75, 3.05) is 46.0 Å². The van der Waals surface area contributed by atoms with Crippen LogP contribution in [0.25, 0.3) is 0 Å². The average Bonchev–Trinajstić information content (AvgIpc) is 3.34. The molecule has 1 heterocycles. The van der Waals surface area contributed by atoms with Gasteiger partial charge in [-0.15, -0.1) is 24.0 Å². The second-order valence-electron chi connectivity index (χ2n) is 7.86. The van der Waals surface area contributed by atoms with Crippen LogP contribution in [0, 0.1) is 23.7 Å². The summed E-state index contributed by atoms with van der Waals surface area (Å²) in [5, 5.41) is 6.25. The van der Waals surface area contributed by atoms with Crippen molar-refractivity contribution in [1.29, 1.82) is 0 Å². The molecule has 2 fully saturated rings. The van der Waals surface area contributed by atoms with Crippen LogP contribution in [0.2, 0.25) is 0 Å². The fourth-order valence-electron chi connectivity index (χ4n) is 4.71. The Hall–Kier alpha value is -1.21. The first-order chi connectivity index (χ1) is 13.8. The lowest BCUT2D eigenvalue weighted by Crippen LogP contribution is -2.44. The summed E-state index contributed by atoms with van der Waals surface area (Å²) in [6, 6.07) is 0. The Labute approximate surface area is 195 Å². The highest BCUT2D eigenvalue weighted by atomic mass is 127. The molecule has 1 aliphatic heterocycles. The van der Waals surface area contributed by atoms with E-state index in [1.165, 1.54) is 15.5 Å². The molecule has 3 rings (SSSR count). The molecule has 0 spiro atoms. The number of halogens is 1. The molecular weight excluding hydrogens is 521 g/mol. The Balaban J connectivity index is 0.00000320. The predicted molar refractivity (Wildman–Crippen MR) is 126 cm³/mol. The minimum absolute atomic E-state index is 0. The van der Waals surface area contributed by atoms with Gasteiger partial charge in [-0.1, -0.05) is 19.1 Å². The summed E-state index contributed by atoms with van der Waals surface area (Å²) < 4.78 is 24.6. The standard InChI is InChI=1S/C19H31N5O4S.HI/c1-4-23(29(3,27)28)10-5-8-21-19(20-2)22-9-11-24-17(25)15-13-6-7-14(12-13)16(15)18(24)26;/h6-7,13-16H,4-5,8-12H2,1-3H3,(H2,20,21,22);1H. The minimum atomic E-state index is -3.18. The Bertz CT molecular complexity index is 786. The largest absolute Gasteiger partial charge is 0.356 e. The second kappa shape index (κ2) is 10.4. The lowest BCUT2D eigenvalue weighted by atomic mass is 9.85. The number of likely N-dealkylation sites (tertiary alicyclic amines) is 1. The van der Waals surface area contributed by atoms with Gasteiger partial charge in [0.2, 0.25) is 21.8 Å². The predicted octanol–water partition coefficient (Wildman–Crippen LogP) is 0.248. The molecule has 2 aliphatic carbocycles. The van der Waals surface area contributed by atoms with E-state index >= 15 is 0 Å². The third-order valence-electron chi connectivity index (χ3n) is 6.11. The number of aliphatic imine (C=N–C) groups is 1. The molecule has 2 amide bonds. The zero-order chi connectivity index (χ0) is 21.2. The summed E-state index contributed by atoms with van der Waals surface area (Å²) in [5.74, 6) is 0.613. The number of nitrogens with one attached hydrogen (secondary N) is 2. The Morgan fingerprint density at radius 3 is 2.23 bits per heavy atom. The lowest BCUT2D eigenvalue weighted by molar-refractivity contribution is -0.140. The maximum absolute atomic E-state index is 12.7. The van der Waals surface area contributed by atoms with Crippen molar-refractivity contribution in [2.24, 2.45) is 28.7 Å². The number of hydrogen-bond acceptors (Lipinski definition) is 5. The van der Waals surface area contributed by atoms with E-state index in [9.17, 15) is 18.0 Å². The van der Waals surface area contributed by atoms with E-state index in [-0.39, 0.29) is 59.5 Å². The van der Waals surface area contributed by atoms with E-state index < -0.39 is 10.0 Å². The molecule has 4 atom stereocenters. The van der Waals surface area contributed by atoms with Crippen molar-refractivity contribution in [3.05, 3.63) is 12.2 Å². The molecule has 170 valence electrons. The number of nitrogens with zero attached hydrogens (tertiary/aromatic N) is 3. The highest BCUT2D eigenvalue weighted by molar-refractivity contribution is 14.0. The van der Waals surface area contributed by atoms with Gasteiger partial charge in [-0.3, -0.25) is 19.5 Å². The number of imide groups is 1. The van der Waals surface area contributed by atoms with Crippen molar-refractivity contribution in [3.63, 3.8) is 0 Å². The number of amides is 2. The number of fused-ring (bicyclic) bond motifs is 5. The molecule has 3 aliphatic rings. The van der Waals surface area contributed by atoms with Crippen LogP contribution in [0.15, 0.2) is 17.1 Å². The van der Waals surface area contributed by atoms with Gasteiger partial charge in [-0.2, -0.15) is 0 Å². The van der Waals surface area contributed by atoms with Gasteiger partial charge in [0.15, 0.2) is 5.96 Å². The van der Waals surface area contributed by atoms with E-state index in [0.29, 0.717) is 45.1 Å². The summed E-state index contributed by atoms with van der Waals surface area (Å²) in [5.41, 5.74) is 0. The van der Waals surface area contributed by atoms with Crippen LogP contribution in [0.1, 0.15) is 19.8 Å². The van der Waals surface area contributed by atoms with E-state index in [4.69, 9.17) is 0 Å². The third-order valence-corrected chi connectivity index (χ3v) is 7.49. The van der Waals surface area contributed by atoms with Gasteiger partial charge in [-0.25, -0.2) is 12.7 Å². The molecule has 0 aromatic carbocycles. The van der Waals surface area contributed by atoms with Crippen LogP contribution in [0.4, 0.5) is 0 Å². The van der Waals surface area contributed by atoms with Crippen LogP contribution in [0.5, 0.6) is 0 Å². The number of guanidine groups is 1. The normalized spacial score (nSPS) is 27.6. The van der Waals surface area contributed by atoms with E-state index in [0.717, 1.165) is 6.42 Å². The monoisotopic (exact) mass is 553 g/mol. The Kier molecular flexibility index (Phi) is 8.69. The summed E-state index contributed by atoms with van der Waals surface area (Å²) in [6.45, 7) is 4.00. The van der Waals surface area contributed by atoms with Crippen molar-refractivity contribution < 1.29 is 18.0 Å². The number of carbonyl (C=O) groups excluding carboxylic acids is 2. The van der Waals surface area contributed by atoms with E-state index in [1.54, 1.807) is 7.05 Å². The fourth-order valence-corrected chi connectivity index (χ4v) is 5.64. The van der Waals surface area contributed by atoms with Crippen molar-refractivity contribution in [2.45, 2.75) is 19.8 Å². The molecule has 30 heavy (non-hydrogen) atoms. The average molecular weight is 553 g/mol. The third kappa shape index (κ3) is 5.16. The molecule has 2 bridgehead atoms. The first-order valence-electron chi connectivity index (χ1n) is 10.2. The van der Waals surface area contributed by atoms with Crippen LogP contribution in [-0.2, 0) is 19.6 Å². The molecule has 1 saturated carbocycles. The van der Waals surface area contributed by atoms with Crippen molar-refractivity contribution in [3.8, 4) is 0 Å². The summed E-state index contributed by atoms with van der Waals surface area (Å²) in [6.07, 6.45) is 6.97. The topological polar surface area (TPSA) is 111 Å². The Morgan fingerprint density at radius 1 is 1.17 bits per heavy atom. The summed E-state index contributed by atoms with van der Waals surface area (Å²) >= 11 is 0. The number of sulfonamides is 1. The number of rotatable bonds is 9. The minimum Gasteiger partial charge on any atom is -0.356 e. The molecule has 1 saturated heterocycles. The zero-order valence-corrected chi connectivity index (χ0v) is 20.9. The first-order valence-corrected chi connectivity index (χ1v) is 12.1. The Morgan fingerprint density at radius 2 is 1.73 bits per heavy atom. The molecule has 4 unspecified atom stereocenters. The van der Waals surface area contributed by atoms with Crippen LogP contribution < -0.4 is 10.6 Å². The molecule has 2 N–H and O–H groups in total. The molecular formula is C19H32IN5O4S. The molecule has 0 radical (unpaired) electrons. The molecule has 0 aromatic rings. The second-order valence-corrected chi connectivity index (χ2v) is 9.84. The van der Waals surface area contributed by atoms with Crippen LogP contribution >= 0.6 is 24.0 Å². The van der Waals surface area contributed by atoms with E-state index in [1.807, 2.05) is 6.92 Å². The molecule has 11 heteroatoms. The quantitative estimate of drug-likeness (QED) is 0.106. The van der Waals surface area contributed by atoms with Gasteiger partial charge >= 0.3 is 0 Å².